The molecule has 2 heterocycles. The summed E-state index contributed by atoms with van der Waals surface area (Å²) < 4.78 is 33.4. The standard InChI is InChI=1S/C22H22ClF2N3O2S.ClH/c1-14-16(23)4-6-19-20(14)26-22(31-19)28(8-2-7-27-9-11-30-12-10-27)21(29)15-3-5-17(24)18(25)13-15;/h3-6,13H,2,7-12H2,1H3;1H. The van der Waals surface area contributed by atoms with Crippen LogP contribution in [0.4, 0.5) is 13.9 Å². The fraction of sp³-hybridized carbons (Fsp3) is 0.364. The highest BCUT2D eigenvalue weighted by Crippen LogP contribution is 2.34. The number of anilines is 1. The third-order valence-corrected chi connectivity index (χ3v) is 6.79. The summed E-state index contributed by atoms with van der Waals surface area (Å²) in [7, 11) is 0. The molecule has 10 heteroatoms. The lowest BCUT2D eigenvalue weighted by Gasteiger charge is -2.27. The fourth-order valence-electron chi connectivity index (χ4n) is 3.55. The van der Waals surface area contributed by atoms with Gasteiger partial charge in [-0.15, -0.1) is 12.4 Å². The molecule has 0 aliphatic carbocycles. The van der Waals surface area contributed by atoms with Gasteiger partial charge in [-0.05, 0) is 49.2 Å². The Morgan fingerprint density at radius 1 is 1.22 bits per heavy atom. The summed E-state index contributed by atoms with van der Waals surface area (Å²) in [5, 5.41) is 1.12. The Balaban J connectivity index is 0.00000289. The second-order valence-electron chi connectivity index (χ2n) is 7.41. The third kappa shape index (κ3) is 5.38. The molecule has 1 aliphatic rings. The van der Waals surface area contributed by atoms with Gasteiger partial charge in [0.25, 0.3) is 5.91 Å². The average molecular weight is 502 g/mol. The van der Waals surface area contributed by atoms with E-state index in [1.54, 1.807) is 11.0 Å². The second-order valence-corrected chi connectivity index (χ2v) is 8.83. The molecule has 0 bridgehead atoms. The Morgan fingerprint density at radius 2 is 1.97 bits per heavy atom. The minimum Gasteiger partial charge on any atom is -0.379 e. The van der Waals surface area contributed by atoms with Crippen molar-refractivity contribution < 1.29 is 18.3 Å². The first-order valence-electron chi connectivity index (χ1n) is 10.1. The Morgan fingerprint density at radius 3 is 2.69 bits per heavy atom. The predicted octanol–water partition coefficient (Wildman–Crippen LogP) is 5.33. The molecule has 0 atom stereocenters. The molecule has 1 fully saturated rings. The van der Waals surface area contributed by atoms with E-state index in [0.29, 0.717) is 36.3 Å². The van der Waals surface area contributed by atoms with Crippen molar-refractivity contribution in [3.05, 3.63) is 58.1 Å². The maximum absolute atomic E-state index is 13.8. The summed E-state index contributed by atoms with van der Waals surface area (Å²) in [6, 6.07) is 6.88. The van der Waals surface area contributed by atoms with E-state index < -0.39 is 17.5 Å². The zero-order chi connectivity index (χ0) is 22.0. The molecule has 4 rings (SSSR count). The van der Waals surface area contributed by atoms with Crippen LogP contribution < -0.4 is 4.90 Å². The lowest BCUT2D eigenvalue weighted by atomic mass is 10.2. The van der Waals surface area contributed by atoms with Crippen molar-refractivity contribution in [3.63, 3.8) is 0 Å². The number of aryl methyl sites for hydroxylation is 1. The molecule has 1 aliphatic heterocycles. The van der Waals surface area contributed by atoms with Crippen molar-refractivity contribution in [1.82, 2.24) is 9.88 Å². The molecule has 0 unspecified atom stereocenters. The van der Waals surface area contributed by atoms with E-state index >= 15 is 0 Å². The molecule has 32 heavy (non-hydrogen) atoms. The Kier molecular flexibility index (Phi) is 8.41. The van der Waals surface area contributed by atoms with Crippen LogP contribution in [0.15, 0.2) is 30.3 Å². The summed E-state index contributed by atoms with van der Waals surface area (Å²) in [5.74, 6) is -2.45. The summed E-state index contributed by atoms with van der Waals surface area (Å²) in [6.45, 7) is 6.22. The van der Waals surface area contributed by atoms with Crippen molar-refractivity contribution in [1.29, 1.82) is 0 Å². The van der Waals surface area contributed by atoms with Crippen LogP contribution in [0.3, 0.4) is 0 Å². The van der Waals surface area contributed by atoms with Gasteiger partial charge in [-0.3, -0.25) is 14.6 Å². The molecule has 1 aromatic heterocycles. The van der Waals surface area contributed by atoms with Crippen LogP contribution in [0.2, 0.25) is 5.02 Å². The minimum absolute atomic E-state index is 0. The number of aromatic nitrogens is 1. The van der Waals surface area contributed by atoms with Gasteiger partial charge >= 0.3 is 0 Å². The average Bonchev–Trinajstić information content (AvgIpc) is 3.21. The first kappa shape index (κ1) is 24.8. The van der Waals surface area contributed by atoms with Crippen LogP contribution in [0.25, 0.3) is 10.2 Å². The molecule has 172 valence electrons. The molecule has 1 amide bonds. The van der Waals surface area contributed by atoms with E-state index in [4.69, 9.17) is 16.3 Å². The lowest BCUT2D eigenvalue weighted by molar-refractivity contribution is 0.0376. The molecule has 5 nitrogen and oxygen atoms in total. The van der Waals surface area contributed by atoms with Gasteiger partial charge < -0.3 is 4.74 Å². The summed E-state index contributed by atoms with van der Waals surface area (Å²) in [6.07, 6.45) is 0.713. The highest BCUT2D eigenvalue weighted by atomic mass is 35.5. The molecule has 3 aromatic rings. The first-order valence-corrected chi connectivity index (χ1v) is 11.3. The number of hydrogen-bond acceptors (Lipinski definition) is 5. The van der Waals surface area contributed by atoms with Gasteiger partial charge in [0.1, 0.15) is 0 Å². The van der Waals surface area contributed by atoms with E-state index in [-0.39, 0.29) is 18.0 Å². The van der Waals surface area contributed by atoms with Crippen molar-refractivity contribution in [2.75, 3.05) is 44.3 Å². The van der Waals surface area contributed by atoms with E-state index in [1.807, 2.05) is 13.0 Å². The van der Waals surface area contributed by atoms with Gasteiger partial charge in [-0.25, -0.2) is 13.8 Å². The van der Waals surface area contributed by atoms with Crippen LogP contribution in [0, 0.1) is 18.6 Å². The number of nitrogens with zero attached hydrogens (tertiary/aromatic N) is 3. The van der Waals surface area contributed by atoms with Gasteiger partial charge in [0, 0.05) is 36.8 Å². The number of benzene rings is 2. The molecule has 0 saturated carbocycles. The zero-order valence-electron chi connectivity index (χ0n) is 17.4. The predicted molar refractivity (Wildman–Crippen MR) is 127 cm³/mol. The quantitative estimate of drug-likeness (QED) is 0.458. The lowest BCUT2D eigenvalue weighted by Crippen LogP contribution is -2.39. The highest BCUT2D eigenvalue weighted by Gasteiger charge is 2.23. The SMILES string of the molecule is Cc1c(Cl)ccc2sc(N(CCCN3CCOCC3)C(=O)c3ccc(F)c(F)c3)nc12.Cl. The minimum atomic E-state index is -1.05. The van der Waals surface area contributed by atoms with Crippen molar-refractivity contribution >= 4 is 56.6 Å². The maximum Gasteiger partial charge on any atom is 0.260 e. The third-order valence-electron chi connectivity index (χ3n) is 5.34. The van der Waals surface area contributed by atoms with Gasteiger partial charge in [0.15, 0.2) is 16.8 Å². The van der Waals surface area contributed by atoms with Crippen molar-refractivity contribution in [2.24, 2.45) is 0 Å². The van der Waals surface area contributed by atoms with Crippen LogP contribution in [0.1, 0.15) is 22.3 Å². The number of fused-ring (bicyclic) bond motifs is 1. The number of morpholine rings is 1. The normalized spacial score (nSPS) is 14.4. The van der Waals surface area contributed by atoms with E-state index in [1.165, 1.54) is 17.4 Å². The van der Waals surface area contributed by atoms with E-state index in [2.05, 4.69) is 9.88 Å². The summed E-state index contributed by atoms with van der Waals surface area (Å²) in [4.78, 5) is 21.8. The monoisotopic (exact) mass is 501 g/mol. The van der Waals surface area contributed by atoms with Crippen LogP contribution in [0.5, 0.6) is 0 Å². The van der Waals surface area contributed by atoms with Crippen LogP contribution >= 0.6 is 35.3 Å². The van der Waals surface area contributed by atoms with Gasteiger partial charge in [-0.1, -0.05) is 22.9 Å². The topological polar surface area (TPSA) is 45.7 Å². The van der Waals surface area contributed by atoms with Crippen molar-refractivity contribution in [2.45, 2.75) is 13.3 Å². The Labute approximate surface area is 200 Å². The van der Waals surface area contributed by atoms with Gasteiger partial charge in [0.2, 0.25) is 0 Å². The van der Waals surface area contributed by atoms with Gasteiger partial charge in [-0.2, -0.15) is 0 Å². The van der Waals surface area contributed by atoms with Gasteiger partial charge in [0.05, 0.1) is 23.4 Å². The summed E-state index contributed by atoms with van der Waals surface area (Å²) >= 11 is 7.61. The Hall–Kier alpha value is -1.84. The molecule has 2 aromatic carbocycles. The first-order chi connectivity index (χ1) is 14.9. The largest absolute Gasteiger partial charge is 0.379 e. The number of ether oxygens (including phenoxy) is 1. The second kappa shape index (κ2) is 10.9. The molecule has 0 radical (unpaired) electrons. The van der Waals surface area contributed by atoms with Crippen molar-refractivity contribution in [3.8, 4) is 0 Å². The Bertz CT molecular complexity index is 1110. The number of amides is 1. The molecule has 1 saturated heterocycles. The number of rotatable bonds is 6. The molecular weight excluding hydrogens is 479 g/mol. The van der Waals surface area contributed by atoms with E-state index in [9.17, 15) is 13.6 Å². The number of thiazole rings is 1. The van der Waals surface area contributed by atoms with E-state index in [0.717, 1.165) is 47.5 Å². The number of carbonyl (C=O) groups is 1. The van der Waals surface area contributed by atoms with Crippen LogP contribution in [-0.4, -0.2) is 55.2 Å². The zero-order valence-corrected chi connectivity index (χ0v) is 19.8. The highest BCUT2D eigenvalue weighted by molar-refractivity contribution is 7.22. The molecule has 0 spiro atoms. The summed E-state index contributed by atoms with van der Waals surface area (Å²) in [5.41, 5.74) is 1.67. The number of carbonyl (C=O) groups excluding carboxylic acids is 1. The molecular formula is C22H23Cl2F2N3O2S. The smallest absolute Gasteiger partial charge is 0.260 e. The van der Waals surface area contributed by atoms with Crippen LogP contribution in [-0.2, 0) is 4.74 Å². The maximum atomic E-state index is 13.8. The number of halogens is 4. The molecule has 0 N–H and O–H groups in total. The number of hydrogen-bond donors (Lipinski definition) is 0. The fourth-order valence-corrected chi connectivity index (χ4v) is 4.75.